The van der Waals surface area contributed by atoms with Crippen molar-refractivity contribution in [1.82, 2.24) is 10.2 Å². The first kappa shape index (κ1) is 17.1. The van der Waals surface area contributed by atoms with E-state index in [0.717, 1.165) is 5.56 Å². The average Bonchev–Trinajstić information content (AvgIpc) is 2.50. The monoisotopic (exact) mass is 318 g/mol. The van der Waals surface area contributed by atoms with Crippen LogP contribution in [0.3, 0.4) is 0 Å². The molecular formula is C18H20F2N2O. The fourth-order valence-electron chi connectivity index (χ4n) is 2.34. The lowest BCUT2D eigenvalue weighted by molar-refractivity contribution is -0.122. The van der Waals surface area contributed by atoms with E-state index in [2.05, 4.69) is 5.32 Å². The molecule has 0 heterocycles. The van der Waals surface area contributed by atoms with Crippen LogP contribution in [0, 0.1) is 11.6 Å². The second-order valence-electron chi connectivity index (χ2n) is 5.60. The third-order valence-electron chi connectivity index (χ3n) is 3.56. The molecule has 1 unspecified atom stereocenters. The number of halogens is 2. The van der Waals surface area contributed by atoms with Crippen molar-refractivity contribution in [3.05, 3.63) is 71.3 Å². The third kappa shape index (κ3) is 5.14. The van der Waals surface area contributed by atoms with Gasteiger partial charge in [0, 0.05) is 12.1 Å². The van der Waals surface area contributed by atoms with E-state index in [-0.39, 0.29) is 30.1 Å². The van der Waals surface area contributed by atoms with Gasteiger partial charge in [-0.15, -0.1) is 0 Å². The van der Waals surface area contributed by atoms with Crippen molar-refractivity contribution in [2.75, 3.05) is 13.6 Å². The Labute approximate surface area is 134 Å². The molecule has 1 amide bonds. The number of likely N-dealkylation sites (N-methyl/N-ethyl adjacent to an activating group) is 1. The molecule has 3 nitrogen and oxygen atoms in total. The molecule has 0 aliphatic heterocycles. The van der Waals surface area contributed by atoms with Gasteiger partial charge in [-0.2, -0.15) is 0 Å². The van der Waals surface area contributed by atoms with E-state index in [4.69, 9.17) is 0 Å². The van der Waals surface area contributed by atoms with E-state index in [0.29, 0.717) is 12.1 Å². The maximum Gasteiger partial charge on any atom is 0.234 e. The molecule has 0 aliphatic carbocycles. The summed E-state index contributed by atoms with van der Waals surface area (Å²) in [5, 5.41) is 2.85. The van der Waals surface area contributed by atoms with Crippen LogP contribution in [-0.4, -0.2) is 24.4 Å². The Balaban J connectivity index is 1.86. The molecule has 5 heteroatoms. The molecule has 0 aromatic heterocycles. The number of hydrogen-bond donors (Lipinski definition) is 1. The van der Waals surface area contributed by atoms with Crippen LogP contribution < -0.4 is 5.32 Å². The van der Waals surface area contributed by atoms with E-state index >= 15 is 0 Å². The van der Waals surface area contributed by atoms with Gasteiger partial charge in [0.1, 0.15) is 11.6 Å². The Morgan fingerprint density at radius 1 is 1.13 bits per heavy atom. The lowest BCUT2D eigenvalue weighted by atomic mass is 10.1. The summed E-state index contributed by atoms with van der Waals surface area (Å²) in [6.45, 7) is 2.34. The summed E-state index contributed by atoms with van der Waals surface area (Å²) in [7, 11) is 1.76. The van der Waals surface area contributed by atoms with Crippen LogP contribution in [0.25, 0.3) is 0 Å². The summed E-state index contributed by atoms with van der Waals surface area (Å²) in [4.78, 5) is 13.8. The minimum Gasteiger partial charge on any atom is -0.348 e. The first-order chi connectivity index (χ1) is 11.0. The van der Waals surface area contributed by atoms with Gasteiger partial charge in [0.25, 0.3) is 0 Å². The Morgan fingerprint density at radius 2 is 1.78 bits per heavy atom. The minimum absolute atomic E-state index is 0.153. The molecule has 0 bridgehead atoms. The van der Waals surface area contributed by atoms with E-state index < -0.39 is 0 Å². The molecule has 1 N–H and O–H groups in total. The number of nitrogens with one attached hydrogen (secondary N) is 1. The summed E-state index contributed by atoms with van der Waals surface area (Å²) < 4.78 is 26.5. The van der Waals surface area contributed by atoms with Gasteiger partial charge >= 0.3 is 0 Å². The van der Waals surface area contributed by atoms with E-state index in [1.807, 2.05) is 6.92 Å². The van der Waals surface area contributed by atoms with Gasteiger partial charge in [-0.05, 0) is 37.7 Å². The predicted octanol–water partition coefficient (Wildman–Crippen LogP) is 3.27. The average molecular weight is 318 g/mol. The normalized spacial score (nSPS) is 12.2. The third-order valence-corrected chi connectivity index (χ3v) is 3.56. The van der Waals surface area contributed by atoms with Gasteiger partial charge in [-0.3, -0.25) is 9.69 Å². The van der Waals surface area contributed by atoms with Crippen LogP contribution in [0.15, 0.2) is 48.5 Å². The number of benzene rings is 2. The lowest BCUT2D eigenvalue weighted by Gasteiger charge is -2.19. The van der Waals surface area contributed by atoms with Crippen LogP contribution in [0.2, 0.25) is 0 Å². The van der Waals surface area contributed by atoms with Gasteiger partial charge in [0.05, 0.1) is 12.6 Å². The van der Waals surface area contributed by atoms with Gasteiger partial charge in [-0.25, -0.2) is 8.78 Å². The van der Waals surface area contributed by atoms with E-state index in [1.54, 1.807) is 42.3 Å². The number of rotatable bonds is 6. The first-order valence-electron chi connectivity index (χ1n) is 7.42. The van der Waals surface area contributed by atoms with Crippen molar-refractivity contribution < 1.29 is 13.6 Å². The smallest absolute Gasteiger partial charge is 0.234 e. The summed E-state index contributed by atoms with van der Waals surface area (Å²) in [5.41, 5.74) is 1.38. The van der Waals surface area contributed by atoms with Crippen molar-refractivity contribution in [1.29, 1.82) is 0 Å². The fraction of sp³-hybridized carbons (Fsp3) is 0.278. The Morgan fingerprint density at radius 3 is 2.43 bits per heavy atom. The van der Waals surface area contributed by atoms with Crippen molar-refractivity contribution in [3.63, 3.8) is 0 Å². The molecule has 0 aliphatic rings. The molecule has 2 rings (SSSR count). The molecule has 1 atom stereocenters. The SMILES string of the molecule is CC(NC(=O)CN(C)Cc1ccccc1F)c1ccc(F)cc1. The molecule has 2 aromatic rings. The quantitative estimate of drug-likeness (QED) is 0.886. The highest BCUT2D eigenvalue weighted by atomic mass is 19.1. The molecule has 0 radical (unpaired) electrons. The number of hydrogen-bond acceptors (Lipinski definition) is 2. The first-order valence-corrected chi connectivity index (χ1v) is 7.42. The van der Waals surface area contributed by atoms with E-state index in [1.165, 1.54) is 18.2 Å². The molecule has 0 fully saturated rings. The highest BCUT2D eigenvalue weighted by molar-refractivity contribution is 5.78. The molecular weight excluding hydrogens is 298 g/mol. The number of amides is 1. The maximum atomic E-state index is 13.6. The second kappa shape index (κ2) is 7.83. The van der Waals surface area contributed by atoms with Gasteiger partial charge < -0.3 is 5.32 Å². The lowest BCUT2D eigenvalue weighted by Crippen LogP contribution is -2.36. The fourth-order valence-corrected chi connectivity index (χ4v) is 2.34. The van der Waals surface area contributed by atoms with Crippen LogP contribution >= 0.6 is 0 Å². The molecule has 2 aromatic carbocycles. The van der Waals surface area contributed by atoms with Crippen LogP contribution in [0.5, 0.6) is 0 Å². The Kier molecular flexibility index (Phi) is 5.82. The summed E-state index contributed by atoms with van der Waals surface area (Å²) in [6.07, 6.45) is 0. The van der Waals surface area contributed by atoms with Crippen LogP contribution in [-0.2, 0) is 11.3 Å². The van der Waals surface area contributed by atoms with Crippen molar-refractivity contribution in [2.24, 2.45) is 0 Å². The summed E-state index contributed by atoms with van der Waals surface area (Å²) in [6, 6.07) is 12.3. The summed E-state index contributed by atoms with van der Waals surface area (Å²) >= 11 is 0. The Bertz CT molecular complexity index is 658. The van der Waals surface area contributed by atoms with Crippen molar-refractivity contribution in [3.8, 4) is 0 Å². The van der Waals surface area contributed by atoms with Gasteiger partial charge in [-0.1, -0.05) is 30.3 Å². The number of nitrogens with zero attached hydrogens (tertiary/aromatic N) is 1. The molecule has 0 spiro atoms. The van der Waals surface area contributed by atoms with Crippen molar-refractivity contribution in [2.45, 2.75) is 19.5 Å². The second-order valence-corrected chi connectivity index (χ2v) is 5.60. The van der Waals surface area contributed by atoms with Crippen LogP contribution in [0.4, 0.5) is 8.78 Å². The highest BCUT2D eigenvalue weighted by Crippen LogP contribution is 2.13. The zero-order chi connectivity index (χ0) is 16.8. The maximum absolute atomic E-state index is 13.6. The van der Waals surface area contributed by atoms with E-state index in [9.17, 15) is 13.6 Å². The number of carbonyl (C=O) groups is 1. The van der Waals surface area contributed by atoms with Gasteiger partial charge in [0.15, 0.2) is 0 Å². The molecule has 122 valence electrons. The molecule has 0 saturated heterocycles. The van der Waals surface area contributed by atoms with Gasteiger partial charge in [0.2, 0.25) is 5.91 Å². The van der Waals surface area contributed by atoms with Crippen molar-refractivity contribution >= 4 is 5.91 Å². The Hall–Kier alpha value is -2.27. The number of carbonyl (C=O) groups excluding carboxylic acids is 1. The topological polar surface area (TPSA) is 32.3 Å². The standard InChI is InChI=1S/C18H20F2N2O/c1-13(14-7-9-16(19)10-8-14)21-18(23)12-22(2)11-15-5-3-4-6-17(15)20/h3-10,13H,11-12H2,1-2H3,(H,21,23). The zero-order valence-corrected chi connectivity index (χ0v) is 13.2. The largest absolute Gasteiger partial charge is 0.348 e. The summed E-state index contributed by atoms with van der Waals surface area (Å²) in [5.74, 6) is -0.753. The predicted molar refractivity (Wildman–Crippen MR) is 85.7 cm³/mol. The molecule has 23 heavy (non-hydrogen) atoms. The minimum atomic E-state index is -0.308. The highest BCUT2D eigenvalue weighted by Gasteiger charge is 2.13. The van der Waals surface area contributed by atoms with Crippen LogP contribution in [0.1, 0.15) is 24.1 Å². The zero-order valence-electron chi connectivity index (χ0n) is 13.2. The molecule has 0 saturated carbocycles.